The van der Waals surface area contributed by atoms with Crippen molar-refractivity contribution in [2.45, 2.75) is 19.9 Å². The monoisotopic (exact) mass is 262 g/mol. The maximum absolute atomic E-state index is 12.5. The molecule has 4 nitrogen and oxygen atoms in total. The third-order valence-electron chi connectivity index (χ3n) is 3.28. The summed E-state index contributed by atoms with van der Waals surface area (Å²) in [5, 5.41) is 0. The molecule has 104 valence electrons. The van der Waals surface area contributed by atoms with E-state index in [2.05, 4.69) is 4.90 Å². The molecule has 1 saturated heterocycles. The van der Waals surface area contributed by atoms with Crippen molar-refractivity contribution in [1.82, 2.24) is 4.90 Å². The molecule has 1 aromatic carbocycles. The Labute approximate surface area is 115 Å². The summed E-state index contributed by atoms with van der Waals surface area (Å²) in [6.45, 7) is 7.68. The van der Waals surface area contributed by atoms with Crippen molar-refractivity contribution in [3.63, 3.8) is 0 Å². The van der Waals surface area contributed by atoms with Gasteiger partial charge in [-0.25, -0.2) is 0 Å². The highest BCUT2D eigenvalue weighted by atomic mass is 16.5. The first-order chi connectivity index (χ1) is 9.18. The molecule has 0 radical (unpaired) electrons. The van der Waals surface area contributed by atoms with Crippen LogP contribution in [0, 0.1) is 0 Å². The maximum atomic E-state index is 12.5. The molecule has 1 heterocycles. The van der Waals surface area contributed by atoms with Crippen molar-refractivity contribution in [3.8, 4) is 0 Å². The summed E-state index contributed by atoms with van der Waals surface area (Å²) in [4.78, 5) is 16.5. The average molecular weight is 262 g/mol. The highest BCUT2D eigenvalue weighted by molar-refractivity contribution is 5.95. The van der Waals surface area contributed by atoms with Gasteiger partial charge < -0.3 is 9.64 Å². The Hall–Kier alpha value is -1.39. The van der Waals surface area contributed by atoms with Gasteiger partial charge in [-0.2, -0.15) is 0 Å². The van der Waals surface area contributed by atoms with Crippen LogP contribution in [0.5, 0.6) is 0 Å². The summed E-state index contributed by atoms with van der Waals surface area (Å²) >= 11 is 0. The summed E-state index contributed by atoms with van der Waals surface area (Å²) in [7, 11) is 0. The highest BCUT2D eigenvalue weighted by Gasteiger charge is 2.22. The van der Waals surface area contributed by atoms with Crippen LogP contribution in [0.4, 0.5) is 5.69 Å². The molecule has 1 fully saturated rings. The third-order valence-corrected chi connectivity index (χ3v) is 3.28. The van der Waals surface area contributed by atoms with Gasteiger partial charge in [0.15, 0.2) is 0 Å². The number of para-hydroxylation sites is 1. The van der Waals surface area contributed by atoms with E-state index >= 15 is 0 Å². The van der Waals surface area contributed by atoms with E-state index in [0.717, 1.165) is 32.0 Å². The van der Waals surface area contributed by atoms with E-state index in [9.17, 15) is 4.79 Å². The zero-order valence-electron chi connectivity index (χ0n) is 11.7. The lowest BCUT2D eigenvalue weighted by Crippen LogP contribution is -2.47. The molecule has 1 aliphatic rings. The summed E-state index contributed by atoms with van der Waals surface area (Å²) in [5.41, 5.74) is 0.968. The number of hydrogen-bond donors (Lipinski definition) is 0. The lowest BCUT2D eigenvalue weighted by Gasteiger charge is -2.31. The minimum absolute atomic E-state index is 0.156. The minimum Gasteiger partial charge on any atom is -0.379 e. The van der Waals surface area contributed by atoms with Gasteiger partial charge in [0.25, 0.3) is 0 Å². The van der Waals surface area contributed by atoms with Crippen LogP contribution in [-0.4, -0.2) is 49.7 Å². The van der Waals surface area contributed by atoms with Gasteiger partial charge >= 0.3 is 0 Å². The first kappa shape index (κ1) is 14.0. The van der Waals surface area contributed by atoms with Crippen LogP contribution in [-0.2, 0) is 9.53 Å². The number of anilines is 1. The molecule has 0 saturated carbocycles. The van der Waals surface area contributed by atoms with Crippen LogP contribution in [0.25, 0.3) is 0 Å². The van der Waals surface area contributed by atoms with E-state index in [1.807, 2.05) is 49.1 Å². The quantitative estimate of drug-likeness (QED) is 0.829. The predicted molar refractivity (Wildman–Crippen MR) is 76.3 cm³/mol. The van der Waals surface area contributed by atoms with Crippen molar-refractivity contribution in [3.05, 3.63) is 30.3 Å². The van der Waals surface area contributed by atoms with Crippen LogP contribution >= 0.6 is 0 Å². The van der Waals surface area contributed by atoms with Crippen molar-refractivity contribution in [1.29, 1.82) is 0 Å². The molecule has 0 spiro atoms. The fourth-order valence-electron chi connectivity index (χ4n) is 2.35. The van der Waals surface area contributed by atoms with Crippen molar-refractivity contribution in [2.24, 2.45) is 0 Å². The summed E-state index contributed by atoms with van der Waals surface area (Å²) in [6.07, 6.45) is 0. The lowest BCUT2D eigenvalue weighted by atomic mass is 10.2. The Bertz CT molecular complexity index is 400. The summed E-state index contributed by atoms with van der Waals surface area (Å²) in [5.74, 6) is 0.156. The Morgan fingerprint density at radius 2 is 1.89 bits per heavy atom. The molecule has 0 N–H and O–H groups in total. The second-order valence-corrected chi connectivity index (χ2v) is 5.08. The smallest absolute Gasteiger partial charge is 0.241 e. The van der Waals surface area contributed by atoms with Crippen LogP contribution in [0.2, 0.25) is 0 Å². The fraction of sp³-hybridized carbons (Fsp3) is 0.533. The van der Waals surface area contributed by atoms with E-state index in [0.29, 0.717) is 6.54 Å². The van der Waals surface area contributed by atoms with Crippen LogP contribution < -0.4 is 4.90 Å². The van der Waals surface area contributed by atoms with Gasteiger partial charge in [0, 0.05) is 24.8 Å². The lowest BCUT2D eigenvalue weighted by molar-refractivity contribution is -0.121. The number of ether oxygens (including phenoxy) is 1. The van der Waals surface area contributed by atoms with E-state index in [1.165, 1.54) is 0 Å². The van der Waals surface area contributed by atoms with E-state index < -0.39 is 0 Å². The highest BCUT2D eigenvalue weighted by Crippen LogP contribution is 2.17. The molecule has 1 aliphatic heterocycles. The molecule has 0 aliphatic carbocycles. The van der Waals surface area contributed by atoms with Gasteiger partial charge in [0.05, 0.1) is 19.8 Å². The van der Waals surface area contributed by atoms with Gasteiger partial charge in [0.2, 0.25) is 5.91 Å². The number of nitrogens with zero attached hydrogens (tertiary/aromatic N) is 2. The predicted octanol–water partition coefficient (Wildman–Crippen LogP) is 1.76. The molecule has 4 heteroatoms. The number of rotatable bonds is 4. The Kier molecular flexibility index (Phi) is 4.93. The second-order valence-electron chi connectivity index (χ2n) is 5.08. The van der Waals surface area contributed by atoms with Gasteiger partial charge in [-0.05, 0) is 26.0 Å². The Morgan fingerprint density at radius 1 is 1.26 bits per heavy atom. The molecular formula is C15H22N2O2. The van der Waals surface area contributed by atoms with Gasteiger partial charge in [-0.3, -0.25) is 9.69 Å². The van der Waals surface area contributed by atoms with E-state index in [1.54, 1.807) is 0 Å². The largest absolute Gasteiger partial charge is 0.379 e. The van der Waals surface area contributed by atoms with Crippen LogP contribution in [0.15, 0.2) is 30.3 Å². The van der Waals surface area contributed by atoms with Crippen LogP contribution in [0.1, 0.15) is 13.8 Å². The Balaban J connectivity index is 2.04. The maximum Gasteiger partial charge on any atom is 0.241 e. The average Bonchev–Trinajstić information content (AvgIpc) is 2.40. The standard InChI is InChI=1S/C15H22N2O2/c1-13(2)17(14-6-4-3-5-7-14)15(18)12-16-8-10-19-11-9-16/h3-7,13H,8-12H2,1-2H3. The minimum atomic E-state index is 0.156. The normalized spacial score (nSPS) is 16.6. The SMILES string of the molecule is CC(C)N(C(=O)CN1CCOCC1)c1ccccc1. The van der Waals surface area contributed by atoms with Crippen LogP contribution in [0.3, 0.4) is 0 Å². The summed E-state index contributed by atoms with van der Waals surface area (Å²) in [6, 6.07) is 10.0. The summed E-state index contributed by atoms with van der Waals surface area (Å²) < 4.78 is 5.31. The van der Waals surface area contributed by atoms with Crippen molar-refractivity contribution < 1.29 is 9.53 Å². The topological polar surface area (TPSA) is 32.8 Å². The number of carbonyl (C=O) groups excluding carboxylic acids is 1. The van der Waals surface area contributed by atoms with Crippen molar-refractivity contribution in [2.75, 3.05) is 37.7 Å². The number of amides is 1. The fourth-order valence-corrected chi connectivity index (χ4v) is 2.35. The molecule has 0 aromatic heterocycles. The zero-order valence-corrected chi connectivity index (χ0v) is 11.7. The molecular weight excluding hydrogens is 240 g/mol. The molecule has 1 amide bonds. The molecule has 1 aromatic rings. The number of morpholine rings is 1. The molecule has 0 unspecified atom stereocenters. The first-order valence-electron chi connectivity index (χ1n) is 6.85. The van der Waals surface area contributed by atoms with E-state index in [4.69, 9.17) is 4.74 Å². The van der Waals surface area contributed by atoms with Gasteiger partial charge in [-0.1, -0.05) is 18.2 Å². The van der Waals surface area contributed by atoms with Gasteiger partial charge in [0.1, 0.15) is 0 Å². The number of hydrogen-bond acceptors (Lipinski definition) is 3. The molecule has 2 rings (SSSR count). The number of carbonyl (C=O) groups is 1. The molecule has 19 heavy (non-hydrogen) atoms. The van der Waals surface area contributed by atoms with Gasteiger partial charge in [-0.15, -0.1) is 0 Å². The first-order valence-corrected chi connectivity index (χ1v) is 6.85. The number of benzene rings is 1. The molecule has 0 atom stereocenters. The zero-order chi connectivity index (χ0) is 13.7. The molecule has 0 bridgehead atoms. The van der Waals surface area contributed by atoms with Crippen molar-refractivity contribution >= 4 is 11.6 Å². The second kappa shape index (κ2) is 6.68. The Morgan fingerprint density at radius 3 is 2.47 bits per heavy atom. The third kappa shape index (κ3) is 3.78. The van der Waals surface area contributed by atoms with E-state index in [-0.39, 0.29) is 11.9 Å².